The van der Waals surface area contributed by atoms with Gasteiger partial charge in [-0.05, 0) is 32.2 Å². The number of carbonyl (C=O) groups excluding carboxylic acids is 1. The van der Waals surface area contributed by atoms with Gasteiger partial charge in [0.1, 0.15) is 0 Å². The number of carbonyl (C=O) groups is 1. The number of morpholine rings is 1. The van der Waals surface area contributed by atoms with Gasteiger partial charge in [-0.2, -0.15) is 0 Å². The molecule has 2 rings (SSSR count). The van der Waals surface area contributed by atoms with Gasteiger partial charge in [-0.25, -0.2) is 0 Å². The fourth-order valence-corrected chi connectivity index (χ4v) is 2.26. The van der Waals surface area contributed by atoms with Gasteiger partial charge in [0.15, 0.2) is 0 Å². The van der Waals surface area contributed by atoms with Gasteiger partial charge in [0.2, 0.25) is 5.91 Å². The number of amides is 1. The molecule has 0 aromatic carbocycles. The predicted molar refractivity (Wildman–Crippen MR) is 66.8 cm³/mol. The number of hydrogen-bond donors (Lipinski definition) is 1. The van der Waals surface area contributed by atoms with Gasteiger partial charge in [-0.15, -0.1) is 0 Å². The quantitative estimate of drug-likeness (QED) is 0.705. The van der Waals surface area contributed by atoms with Crippen LogP contribution in [0.2, 0.25) is 0 Å². The normalized spacial score (nSPS) is 22.5. The molecule has 98 valence electrons. The average Bonchev–Trinajstić information content (AvgIpc) is 3.18. The van der Waals surface area contributed by atoms with Crippen molar-refractivity contribution >= 4 is 5.91 Å². The Morgan fingerprint density at radius 2 is 2.12 bits per heavy atom. The van der Waals surface area contributed by atoms with Gasteiger partial charge in [-0.1, -0.05) is 12.8 Å². The van der Waals surface area contributed by atoms with Crippen molar-refractivity contribution in [1.29, 1.82) is 0 Å². The van der Waals surface area contributed by atoms with Gasteiger partial charge in [0.25, 0.3) is 0 Å². The van der Waals surface area contributed by atoms with Gasteiger partial charge in [0.05, 0.1) is 19.3 Å². The maximum Gasteiger partial charge on any atom is 0.239 e. The number of hydrogen-bond acceptors (Lipinski definition) is 3. The second kappa shape index (κ2) is 6.36. The lowest BCUT2D eigenvalue weighted by Gasteiger charge is -2.29. The molecule has 0 radical (unpaired) electrons. The maximum atomic E-state index is 12.0. The molecule has 0 aromatic heterocycles. The maximum absolute atomic E-state index is 12.0. The molecule has 1 heterocycles. The van der Waals surface area contributed by atoms with Crippen LogP contribution in [0.15, 0.2) is 0 Å². The molecule has 1 aliphatic carbocycles. The molecule has 4 heteroatoms. The number of nitrogens with zero attached hydrogens (tertiary/aromatic N) is 1. The summed E-state index contributed by atoms with van der Waals surface area (Å²) in [5.74, 6) is 1.21. The van der Waals surface area contributed by atoms with Crippen molar-refractivity contribution in [1.82, 2.24) is 10.2 Å². The van der Waals surface area contributed by atoms with Crippen LogP contribution in [0.4, 0.5) is 0 Å². The lowest BCUT2D eigenvalue weighted by atomic mass is 10.2. The van der Waals surface area contributed by atoms with E-state index in [0.717, 1.165) is 25.6 Å². The van der Waals surface area contributed by atoms with Crippen LogP contribution in [0.5, 0.6) is 0 Å². The molecule has 1 aliphatic heterocycles. The van der Waals surface area contributed by atoms with Gasteiger partial charge >= 0.3 is 0 Å². The van der Waals surface area contributed by atoms with Crippen molar-refractivity contribution < 1.29 is 9.53 Å². The second-order valence-corrected chi connectivity index (χ2v) is 5.20. The highest BCUT2D eigenvalue weighted by molar-refractivity contribution is 5.81. The number of nitrogens with one attached hydrogen (secondary N) is 1. The van der Waals surface area contributed by atoms with Crippen molar-refractivity contribution in [3.63, 3.8) is 0 Å². The molecular formula is C13H24N2O2. The topological polar surface area (TPSA) is 41.6 Å². The van der Waals surface area contributed by atoms with Crippen molar-refractivity contribution in [2.24, 2.45) is 5.92 Å². The van der Waals surface area contributed by atoms with Crippen LogP contribution in [0.25, 0.3) is 0 Å². The molecule has 1 saturated heterocycles. The predicted octanol–water partition coefficient (Wildman–Crippen LogP) is 1.01. The highest BCUT2D eigenvalue weighted by atomic mass is 16.5. The number of ether oxygens (including phenoxy) is 1. The standard InChI is InChI=1S/C13H24N2O2/c1-11(14-6-2-3-12-4-5-12)13(16)15-7-9-17-10-8-15/h11-12,14H,2-10H2,1H3. The van der Waals surface area contributed by atoms with Crippen LogP contribution in [-0.4, -0.2) is 49.7 Å². The Balaban J connectivity index is 1.59. The smallest absolute Gasteiger partial charge is 0.239 e. The summed E-state index contributed by atoms with van der Waals surface area (Å²) in [5, 5.41) is 3.33. The molecular weight excluding hydrogens is 216 g/mol. The Bertz CT molecular complexity index is 248. The Morgan fingerprint density at radius 1 is 1.41 bits per heavy atom. The van der Waals surface area contributed by atoms with Crippen LogP contribution in [-0.2, 0) is 9.53 Å². The van der Waals surface area contributed by atoms with E-state index in [1.807, 2.05) is 11.8 Å². The van der Waals surface area contributed by atoms with E-state index >= 15 is 0 Å². The van der Waals surface area contributed by atoms with E-state index in [1.165, 1.54) is 25.7 Å². The largest absolute Gasteiger partial charge is 0.378 e. The lowest BCUT2D eigenvalue weighted by Crippen LogP contribution is -2.49. The van der Waals surface area contributed by atoms with Crippen molar-refractivity contribution in [2.45, 2.75) is 38.6 Å². The third kappa shape index (κ3) is 4.28. The summed E-state index contributed by atoms with van der Waals surface area (Å²) >= 11 is 0. The van der Waals surface area contributed by atoms with E-state index in [4.69, 9.17) is 4.74 Å². The molecule has 17 heavy (non-hydrogen) atoms. The third-order valence-corrected chi connectivity index (χ3v) is 3.63. The zero-order chi connectivity index (χ0) is 12.1. The Labute approximate surface area is 104 Å². The molecule has 1 unspecified atom stereocenters. The summed E-state index contributed by atoms with van der Waals surface area (Å²) < 4.78 is 5.25. The van der Waals surface area contributed by atoms with E-state index in [-0.39, 0.29) is 11.9 Å². The van der Waals surface area contributed by atoms with Crippen LogP contribution >= 0.6 is 0 Å². The summed E-state index contributed by atoms with van der Waals surface area (Å²) in [6.07, 6.45) is 5.36. The van der Waals surface area contributed by atoms with E-state index < -0.39 is 0 Å². The van der Waals surface area contributed by atoms with Crippen LogP contribution < -0.4 is 5.32 Å². The van der Waals surface area contributed by atoms with Crippen LogP contribution in [0, 0.1) is 5.92 Å². The van der Waals surface area contributed by atoms with Gasteiger partial charge in [-0.3, -0.25) is 4.79 Å². The molecule has 1 N–H and O–H groups in total. The van der Waals surface area contributed by atoms with Gasteiger partial charge in [0, 0.05) is 13.1 Å². The summed E-state index contributed by atoms with van der Waals surface area (Å²) in [6, 6.07) is -0.0488. The summed E-state index contributed by atoms with van der Waals surface area (Å²) in [7, 11) is 0. The van der Waals surface area contributed by atoms with Crippen LogP contribution in [0.3, 0.4) is 0 Å². The zero-order valence-corrected chi connectivity index (χ0v) is 10.8. The fourth-order valence-electron chi connectivity index (χ4n) is 2.26. The molecule has 1 saturated carbocycles. The zero-order valence-electron chi connectivity index (χ0n) is 10.8. The molecule has 1 atom stereocenters. The summed E-state index contributed by atoms with van der Waals surface area (Å²) in [6.45, 7) is 5.78. The Kier molecular flexibility index (Phi) is 4.80. The monoisotopic (exact) mass is 240 g/mol. The highest BCUT2D eigenvalue weighted by Crippen LogP contribution is 2.33. The first kappa shape index (κ1) is 12.8. The minimum absolute atomic E-state index is 0.0488. The van der Waals surface area contributed by atoms with Crippen molar-refractivity contribution in [2.75, 3.05) is 32.8 Å². The minimum Gasteiger partial charge on any atom is -0.378 e. The summed E-state index contributed by atoms with van der Waals surface area (Å²) in [4.78, 5) is 14.0. The first-order chi connectivity index (χ1) is 8.27. The Morgan fingerprint density at radius 3 is 2.76 bits per heavy atom. The van der Waals surface area contributed by atoms with E-state index in [9.17, 15) is 4.79 Å². The highest BCUT2D eigenvalue weighted by Gasteiger charge is 2.23. The third-order valence-electron chi connectivity index (χ3n) is 3.63. The molecule has 0 bridgehead atoms. The summed E-state index contributed by atoms with van der Waals surface area (Å²) in [5.41, 5.74) is 0. The number of rotatable bonds is 6. The Hall–Kier alpha value is -0.610. The average molecular weight is 240 g/mol. The van der Waals surface area contributed by atoms with E-state index in [2.05, 4.69) is 5.32 Å². The molecule has 1 amide bonds. The molecule has 2 aliphatic rings. The van der Waals surface area contributed by atoms with Gasteiger partial charge < -0.3 is 15.0 Å². The lowest BCUT2D eigenvalue weighted by molar-refractivity contribution is -0.137. The first-order valence-corrected chi connectivity index (χ1v) is 6.87. The van der Waals surface area contributed by atoms with E-state index in [1.54, 1.807) is 0 Å². The first-order valence-electron chi connectivity index (χ1n) is 6.87. The van der Waals surface area contributed by atoms with Crippen LogP contribution in [0.1, 0.15) is 32.6 Å². The van der Waals surface area contributed by atoms with Crippen molar-refractivity contribution in [3.05, 3.63) is 0 Å². The SMILES string of the molecule is CC(NCCCC1CC1)C(=O)N1CCOCC1. The molecule has 0 aromatic rings. The van der Waals surface area contributed by atoms with E-state index in [0.29, 0.717) is 13.2 Å². The fraction of sp³-hybridized carbons (Fsp3) is 0.923. The molecule has 4 nitrogen and oxygen atoms in total. The molecule has 2 fully saturated rings. The second-order valence-electron chi connectivity index (χ2n) is 5.20. The minimum atomic E-state index is -0.0488. The van der Waals surface area contributed by atoms with Crippen molar-refractivity contribution in [3.8, 4) is 0 Å². The molecule has 0 spiro atoms.